The van der Waals surface area contributed by atoms with E-state index in [4.69, 9.17) is 14.2 Å². The van der Waals surface area contributed by atoms with Crippen molar-refractivity contribution in [2.24, 2.45) is 0 Å². The Labute approximate surface area is 124 Å². The Kier molecular flexibility index (Phi) is 7.74. The summed E-state index contributed by atoms with van der Waals surface area (Å²) in [6, 6.07) is 2.62. The van der Waals surface area contributed by atoms with E-state index in [-0.39, 0.29) is 23.9 Å². The van der Waals surface area contributed by atoms with Crippen LogP contribution in [0.15, 0.2) is 12.1 Å². The molecule has 0 unspecified atom stereocenters. The van der Waals surface area contributed by atoms with Crippen molar-refractivity contribution in [2.75, 3.05) is 33.5 Å². The Bertz CT molecular complexity index is 458. The number of hydrogen-bond acceptors (Lipinski definition) is 6. The normalized spacial score (nSPS) is 10.8. The molecule has 6 heteroatoms. The molecule has 0 aliphatic heterocycles. The fraction of sp³-hybridized carbons (Fsp3) is 0.533. The monoisotopic (exact) mass is 298 g/mol. The van der Waals surface area contributed by atoms with Gasteiger partial charge in [0.15, 0.2) is 17.3 Å². The summed E-state index contributed by atoms with van der Waals surface area (Å²) in [5.41, 5.74) is 0.919. The average molecular weight is 298 g/mol. The van der Waals surface area contributed by atoms with Crippen molar-refractivity contribution in [1.82, 2.24) is 0 Å². The fourth-order valence-corrected chi connectivity index (χ4v) is 1.73. The summed E-state index contributed by atoms with van der Waals surface area (Å²) < 4.78 is 15.5. The molecule has 0 atom stereocenters. The number of Topliss-reactive ketones (excluding diaryl/α,β-unsaturated/α-hetero) is 1. The summed E-state index contributed by atoms with van der Waals surface area (Å²) in [7, 11) is 1.60. The standard InChI is InChI=1S/C15H22O6/c1-3-13(16)12-9-15(18)14(17)8-11(12)10-21-7-6-20-5-4-19-2/h8-9,17-18H,3-7,10H2,1-2H3. The van der Waals surface area contributed by atoms with E-state index in [0.717, 1.165) is 0 Å². The first-order valence-electron chi connectivity index (χ1n) is 6.82. The second-order valence-electron chi connectivity index (χ2n) is 4.43. The molecule has 0 heterocycles. The van der Waals surface area contributed by atoms with Crippen LogP contribution in [0.1, 0.15) is 29.3 Å². The molecule has 0 saturated heterocycles. The minimum atomic E-state index is -0.307. The molecule has 21 heavy (non-hydrogen) atoms. The molecular formula is C15H22O6. The number of phenolic OH excluding ortho intramolecular Hbond substituents is 2. The molecule has 0 saturated carbocycles. The second-order valence-corrected chi connectivity index (χ2v) is 4.43. The Hall–Kier alpha value is -1.63. The molecule has 0 amide bonds. The molecule has 0 aliphatic carbocycles. The van der Waals surface area contributed by atoms with Crippen molar-refractivity contribution in [1.29, 1.82) is 0 Å². The Morgan fingerprint density at radius 1 is 1.05 bits per heavy atom. The van der Waals surface area contributed by atoms with Gasteiger partial charge in [0.2, 0.25) is 0 Å². The van der Waals surface area contributed by atoms with Gasteiger partial charge in [-0.1, -0.05) is 6.92 Å². The third kappa shape index (κ3) is 5.71. The maximum absolute atomic E-state index is 11.8. The highest BCUT2D eigenvalue weighted by Crippen LogP contribution is 2.29. The van der Waals surface area contributed by atoms with Gasteiger partial charge in [-0.3, -0.25) is 4.79 Å². The lowest BCUT2D eigenvalue weighted by molar-refractivity contribution is 0.0198. The molecule has 0 aliphatic rings. The zero-order chi connectivity index (χ0) is 15.7. The van der Waals surface area contributed by atoms with Gasteiger partial charge in [0.1, 0.15) is 0 Å². The lowest BCUT2D eigenvalue weighted by atomic mass is 10.0. The number of carbonyl (C=O) groups is 1. The summed E-state index contributed by atoms with van der Waals surface area (Å²) in [6.45, 7) is 3.72. The van der Waals surface area contributed by atoms with Crippen LogP contribution in [0.25, 0.3) is 0 Å². The minimum Gasteiger partial charge on any atom is -0.504 e. The number of hydrogen-bond donors (Lipinski definition) is 2. The van der Waals surface area contributed by atoms with Crippen LogP contribution in [0.2, 0.25) is 0 Å². The average Bonchev–Trinajstić information content (AvgIpc) is 2.48. The smallest absolute Gasteiger partial charge is 0.163 e. The highest BCUT2D eigenvalue weighted by molar-refractivity contribution is 5.97. The molecule has 6 nitrogen and oxygen atoms in total. The molecule has 2 N–H and O–H groups in total. The maximum atomic E-state index is 11.8. The molecule has 0 spiro atoms. The highest BCUT2D eigenvalue weighted by Gasteiger charge is 2.14. The molecule has 1 aromatic rings. The quantitative estimate of drug-likeness (QED) is 0.390. The van der Waals surface area contributed by atoms with Gasteiger partial charge < -0.3 is 24.4 Å². The zero-order valence-electron chi connectivity index (χ0n) is 12.4. The van der Waals surface area contributed by atoms with E-state index in [9.17, 15) is 15.0 Å². The number of aromatic hydroxyl groups is 2. The van der Waals surface area contributed by atoms with Crippen LogP contribution < -0.4 is 0 Å². The summed E-state index contributed by atoms with van der Waals surface area (Å²) in [6.07, 6.45) is 0.317. The molecular weight excluding hydrogens is 276 g/mol. The Morgan fingerprint density at radius 2 is 1.67 bits per heavy atom. The summed E-state index contributed by atoms with van der Waals surface area (Å²) in [4.78, 5) is 11.8. The molecule has 0 bridgehead atoms. The van der Waals surface area contributed by atoms with Gasteiger partial charge in [-0.15, -0.1) is 0 Å². The third-order valence-corrected chi connectivity index (χ3v) is 2.88. The van der Waals surface area contributed by atoms with Gasteiger partial charge in [0, 0.05) is 19.1 Å². The van der Waals surface area contributed by atoms with Gasteiger partial charge in [-0.05, 0) is 17.7 Å². The van der Waals surface area contributed by atoms with Crippen LogP contribution in [-0.2, 0) is 20.8 Å². The lowest BCUT2D eigenvalue weighted by Crippen LogP contribution is -2.10. The van der Waals surface area contributed by atoms with E-state index < -0.39 is 0 Å². The van der Waals surface area contributed by atoms with E-state index in [2.05, 4.69) is 0 Å². The predicted molar refractivity (Wildman–Crippen MR) is 76.7 cm³/mol. The van der Waals surface area contributed by atoms with Gasteiger partial charge in [-0.25, -0.2) is 0 Å². The number of methoxy groups -OCH3 is 1. The van der Waals surface area contributed by atoms with Gasteiger partial charge in [-0.2, -0.15) is 0 Å². The minimum absolute atomic E-state index is 0.111. The van der Waals surface area contributed by atoms with E-state index in [1.165, 1.54) is 12.1 Å². The number of rotatable bonds is 10. The molecule has 0 radical (unpaired) electrons. The molecule has 1 rings (SSSR count). The van der Waals surface area contributed by atoms with Crippen molar-refractivity contribution in [2.45, 2.75) is 20.0 Å². The predicted octanol–water partition coefficient (Wildman–Crippen LogP) is 1.87. The third-order valence-electron chi connectivity index (χ3n) is 2.88. The molecule has 0 aromatic heterocycles. The first-order valence-corrected chi connectivity index (χ1v) is 6.82. The second kappa shape index (κ2) is 9.33. The van der Waals surface area contributed by atoms with Crippen LogP contribution in [0.4, 0.5) is 0 Å². The van der Waals surface area contributed by atoms with Gasteiger partial charge >= 0.3 is 0 Å². The first kappa shape index (κ1) is 17.4. The SMILES string of the molecule is CCC(=O)c1cc(O)c(O)cc1COCCOCCOC. The largest absolute Gasteiger partial charge is 0.504 e. The molecule has 0 fully saturated rings. The highest BCUT2D eigenvalue weighted by atomic mass is 16.5. The number of ether oxygens (including phenoxy) is 3. The number of carbonyl (C=O) groups excluding carboxylic acids is 1. The van der Waals surface area contributed by atoms with E-state index >= 15 is 0 Å². The summed E-state index contributed by atoms with van der Waals surface area (Å²) in [5.74, 6) is -0.684. The maximum Gasteiger partial charge on any atom is 0.163 e. The summed E-state index contributed by atoms with van der Waals surface area (Å²) >= 11 is 0. The van der Waals surface area contributed by atoms with E-state index in [0.29, 0.717) is 44.0 Å². The topological polar surface area (TPSA) is 85.2 Å². The molecule has 1 aromatic carbocycles. The van der Waals surface area contributed by atoms with E-state index in [1.807, 2.05) is 0 Å². The Balaban J connectivity index is 2.53. The van der Waals surface area contributed by atoms with Crippen molar-refractivity contribution < 1.29 is 29.2 Å². The van der Waals surface area contributed by atoms with Crippen molar-refractivity contribution in [3.63, 3.8) is 0 Å². The van der Waals surface area contributed by atoms with Crippen LogP contribution in [0.5, 0.6) is 11.5 Å². The van der Waals surface area contributed by atoms with Crippen molar-refractivity contribution >= 4 is 5.78 Å². The number of phenols is 2. The zero-order valence-corrected chi connectivity index (χ0v) is 12.4. The summed E-state index contributed by atoms with van der Waals surface area (Å²) in [5, 5.41) is 19.0. The van der Waals surface area contributed by atoms with Gasteiger partial charge in [0.25, 0.3) is 0 Å². The van der Waals surface area contributed by atoms with Gasteiger partial charge in [0.05, 0.1) is 33.0 Å². The fourth-order valence-electron chi connectivity index (χ4n) is 1.73. The van der Waals surface area contributed by atoms with Crippen LogP contribution in [0, 0.1) is 0 Å². The molecule has 118 valence electrons. The van der Waals surface area contributed by atoms with Crippen molar-refractivity contribution in [3.05, 3.63) is 23.3 Å². The Morgan fingerprint density at radius 3 is 2.33 bits per heavy atom. The number of ketones is 1. The van der Waals surface area contributed by atoms with Crippen LogP contribution in [0.3, 0.4) is 0 Å². The number of benzene rings is 1. The van der Waals surface area contributed by atoms with Crippen molar-refractivity contribution in [3.8, 4) is 11.5 Å². The van der Waals surface area contributed by atoms with Crippen LogP contribution >= 0.6 is 0 Å². The van der Waals surface area contributed by atoms with Crippen LogP contribution in [-0.4, -0.2) is 49.5 Å². The first-order chi connectivity index (χ1) is 10.1. The lowest BCUT2D eigenvalue weighted by Gasteiger charge is -2.11. The van der Waals surface area contributed by atoms with E-state index in [1.54, 1.807) is 14.0 Å².